The first-order valence-corrected chi connectivity index (χ1v) is 9.73. The molecule has 19 heavy (non-hydrogen) atoms. The van der Waals surface area contributed by atoms with Crippen molar-refractivity contribution in [3.05, 3.63) is 41.3 Å². The zero-order valence-electron chi connectivity index (χ0n) is 9.78. The van der Waals surface area contributed by atoms with Crippen molar-refractivity contribution in [1.29, 1.82) is 0 Å². The van der Waals surface area contributed by atoms with E-state index in [0.717, 1.165) is 11.0 Å². The molecule has 2 rings (SSSR count). The minimum Gasteiger partial charge on any atom is -0.224 e. The van der Waals surface area contributed by atoms with Crippen molar-refractivity contribution >= 4 is 35.8 Å². The van der Waals surface area contributed by atoms with Crippen LogP contribution < -0.4 is 4.72 Å². The molecule has 104 valence electrons. The molecule has 1 atom stereocenters. The number of hydrogen-bond acceptors (Lipinski definition) is 4. The second-order valence-corrected chi connectivity index (χ2v) is 8.37. The normalized spacial score (nSPS) is 21.6. The maximum Gasteiger partial charge on any atom is 0.241 e. The Labute approximate surface area is 120 Å². The van der Waals surface area contributed by atoms with E-state index < -0.39 is 25.9 Å². The van der Waals surface area contributed by atoms with Gasteiger partial charge in [-0.15, -0.1) is 0 Å². The van der Waals surface area contributed by atoms with Crippen molar-refractivity contribution in [2.75, 3.05) is 5.75 Å². The monoisotopic (exact) mass is 365 g/mol. The maximum absolute atomic E-state index is 12.0. The van der Waals surface area contributed by atoms with E-state index in [9.17, 15) is 16.8 Å². The highest BCUT2D eigenvalue weighted by Crippen LogP contribution is 2.15. The van der Waals surface area contributed by atoms with Crippen molar-refractivity contribution in [2.24, 2.45) is 0 Å². The van der Waals surface area contributed by atoms with Gasteiger partial charge in [0.05, 0.1) is 16.7 Å². The Kier molecular flexibility index (Phi) is 4.14. The molecule has 0 saturated heterocycles. The third kappa shape index (κ3) is 3.65. The lowest BCUT2D eigenvalue weighted by Crippen LogP contribution is -2.35. The van der Waals surface area contributed by atoms with Gasteiger partial charge in [0.25, 0.3) is 0 Å². The van der Waals surface area contributed by atoms with Crippen molar-refractivity contribution in [3.63, 3.8) is 0 Å². The number of sulfone groups is 1. The van der Waals surface area contributed by atoms with Gasteiger partial charge in [0.2, 0.25) is 10.0 Å². The summed E-state index contributed by atoms with van der Waals surface area (Å²) in [7, 11) is -6.97. The van der Waals surface area contributed by atoms with E-state index in [1.165, 1.54) is 18.2 Å². The molecule has 1 heterocycles. The van der Waals surface area contributed by atoms with Crippen LogP contribution in [0.2, 0.25) is 0 Å². The van der Waals surface area contributed by atoms with Crippen LogP contribution in [0.1, 0.15) is 5.56 Å². The van der Waals surface area contributed by atoms with E-state index in [2.05, 4.69) is 20.7 Å². The predicted octanol–water partition coefficient (Wildman–Crippen LogP) is 1.17. The first-order valence-electron chi connectivity index (χ1n) is 5.41. The third-order valence-corrected chi connectivity index (χ3v) is 6.17. The van der Waals surface area contributed by atoms with Gasteiger partial charge in [-0.3, -0.25) is 0 Å². The van der Waals surface area contributed by atoms with Crippen LogP contribution in [0.5, 0.6) is 0 Å². The molecule has 0 aliphatic carbocycles. The molecular weight excluding hydrogens is 354 g/mol. The highest BCUT2D eigenvalue weighted by Gasteiger charge is 2.26. The summed E-state index contributed by atoms with van der Waals surface area (Å²) in [6, 6.07) is 5.68. The molecule has 8 heteroatoms. The molecule has 1 aromatic rings. The minimum absolute atomic E-state index is 0.120. The molecule has 5 nitrogen and oxygen atoms in total. The molecule has 0 aromatic heterocycles. The van der Waals surface area contributed by atoms with Crippen LogP contribution in [0.4, 0.5) is 0 Å². The molecule has 1 unspecified atom stereocenters. The Bertz CT molecular complexity index is 693. The summed E-state index contributed by atoms with van der Waals surface area (Å²) < 4.78 is 48.9. The van der Waals surface area contributed by atoms with E-state index >= 15 is 0 Å². The second kappa shape index (κ2) is 5.35. The molecule has 1 N–H and O–H groups in total. The summed E-state index contributed by atoms with van der Waals surface area (Å²) in [6.45, 7) is 0. The van der Waals surface area contributed by atoms with E-state index in [1.54, 1.807) is 12.1 Å². The van der Waals surface area contributed by atoms with Crippen molar-refractivity contribution in [1.82, 2.24) is 4.72 Å². The standard InChI is InChI=1S/C11H12BrNO4S2/c12-7-9-1-3-11(4-2-9)19(16,17)13-10-5-6-18(14,15)8-10/h1-6,10,13H,7-8H2. The lowest BCUT2D eigenvalue weighted by atomic mass is 10.2. The van der Waals surface area contributed by atoms with Crippen molar-refractivity contribution in [3.8, 4) is 0 Å². The van der Waals surface area contributed by atoms with Crippen molar-refractivity contribution in [2.45, 2.75) is 16.3 Å². The van der Waals surface area contributed by atoms with E-state index in [1.807, 2.05) is 0 Å². The van der Waals surface area contributed by atoms with Gasteiger partial charge in [-0.2, -0.15) is 0 Å². The number of nitrogens with one attached hydrogen (secondary N) is 1. The van der Waals surface area contributed by atoms with Crippen LogP contribution in [0.25, 0.3) is 0 Å². The Morgan fingerprint density at radius 1 is 1.26 bits per heavy atom. The average molecular weight is 366 g/mol. The highest BCUT2D eigenvalue weighted by atomic mass is 79.9. The van der Waals surface area contributed by atoms with Crippen LogP contribution in [-0.4, -0.2) is 28.6 Å². The molecule has 1 aromatic carbocycles. The summed E-state index contributed by atoms with van der Waals surface area (Å²) in [5.41, 5.74) is 0.960. The Morgan fingerprint density at radius 2 is 1.89 bits per heavy atom. The van der Waals surface area contributed by atoms with Crippen molar-refractivity contribution < 1.29 is 16.8 Å². The van der Waals surface area contributed by atoms with Gasteiger partial charge in [0.15, 0.2) is 9.84 Å². The van der Waals surface area contributed by atoms with Crippen LogP contribution in [0.15, 0.2) is 40.6 Å². The smallest absolute Gasteiger partial charge is 0.224 e. The quantitative estimate of drug-likeness (QED) is 0.812. The molecule has 1 aliphatic rings. The number of benzene rings is 1. The van der Waals surface area contributed by atoms with Crippen LogP contribution in [0, 0.1) is 0 Å². The summed E-state index contributed by atoms with van der Waals surface area (Å²) in [5.74, 6) is -0.230. The number of hydrogen-bond donors (Lipinski definition) is 1. The summed E-state index contributed by atoms with van der Waals surface area (Å²) >= 11 is 3.28. The highest BCUT2D eigenvalue weighted by molar-refractivity contribution is 9.08. The van der Waals surface area contributed by atoms with Gasteiger partial charge in [-0.1, -0.05) is 34.1 Å². The summed E-state index contributed by atoms with van der Waals surface area (Å²) in [5, 5.41) is 1.68. The first-order chi connectivity index (χ1) is 8.82. The number of sulfonamides is 1. The molecule has 0 fully saturated rings. The molecule has 1 aliphatic heterocycles. The SMILES string of the molecule is O=S1(=O)C=CC(NS(=O)(=O)c2ccc(CBr)cc2)C1. The van der Waals surface area contributed by atoms with E-state index in [-0.39, 0.29) is 10.6 Å². The van der Waals surface area contributed by atoms with E-state index in [4.69, 9.17) is 0 Å². The van der Waals surface area contributed by atoms with Gasteiger partial charge < -0.3 is 0 Å². The lowest BCUT2D eigenvalue weighted by molar-refractivity contribution is 0.575. The zero-order valence-corrected chi connectivity index (χ0v) is 13.0. The lowest BCUT2D eigenvalue weighted by Gasteiger charge is -2.11. The molecule has 0 bridgehead atoms. The van der Waals surface area contributed by atoms with Crippen LogP contribution in [-0.2, 0) is 25.2 Å². The Balaban J connectivity index is 2.17. The first kappa shape index (κ1) is 14.7. The summed E-state index contributed by atoms with van der Waals surface area (Å²) in [6.07, 6.45) is 1.35. The van der Waals surface area contributed by atoms with Gasteiger partial charge in [-0.25, -0.2) is 21.6 Å². The maximum atomic E-state index is 12.0. The molecule has 0 saturated carbocycles. The molecular formula is C11H12BrNO4S2. The fourth-order valence-electron chi connectivity index (χ4n) is 1.67. The number of rotatable bonds is 4. The fourth-order valence-corrected chi connectivity index (χ4v) is 4.58. The largest absolute Gasteiger partial charge is 0.241 e. The van der Waals surface area contributed by atoms with E-state index in [0.29, 0.717) is 5.33 Å². The average Bonchev–Trinajstić information content (AvgIpc) is 2.68. The zero-order chi connectivity index (χ0) is 14.1. The van der Waals surface area contributed by atoms with Gasteiger partial charge in [0.1, 0.15) is 0 Å². The minimum atomic E-state index is -3.70. The van der Waals surface area contributed by atoms with Gasteiger partial charge in [-0.05, 0) is 17.7 Å². The molecule has 0 spiro atoms. The molecule has 0 radical (unpaired) electrons. The third-order valence-electron chi connectivity index (χ3n) is 2.62. The molecule has 0 amide bonds. The van der Waals surface area contributed by atoms with Crippen LogP contribution >= 0.6 is 15.9 Å². The second-order valence-electron chi connectivity index (χ2n) is 4.16. The van der Waals surface area contributed by atoms with Gasteiger partial charge in [0, 0.05) is 10.7 Å². The Morgan fingerprint density at radius 3 is 2.37 bits per heavy atom. The van der Waals surface area contributed by atoms with Crippen LogP contribution in [0.3, 0.4) is 0 Å². The number of alkyl halides is 1. The number of halogens is 1. The topological polar surface area (TPSA) is 80.3 Å². The Hall–Kier alpha value is -0.700. The fraction of sp³-hybridized carbons (Fsp3) is 0.273. The van der Waals surface area contributed by atoms with Gasteiger partial charge >= 0.3 is 0 Å². The summed E-state index contributed by atoms with van der Waals surface area (Å²) in [4.78, 5) is 0.120. The predicted molar refractivity (Wildman–Crippen MR) is 76.1 cm³/mol.